The predicted octanol–water partition coefficient (Wildman–Crippen LogP) is -10.1. The maximum Gasteiger partial charge on any atom is 3.00 e. The second-order valence-electron chi connectivity index (χ2n) is 5.66. The summed E-state index contributed by atoms with van der Waals surface area (Å²) in [6, 6.07) is 0. The molecule has 0 heterocycles. The van der Waals surface area contributed by atoms with E-state index in [1.165, 1.54) is 0 Å². The summed E-state index contributed by atoms with van der Waals surface area (Å²) in [7, 11) is -35.8. The minimum Gasteiger partial charge on any atom is -0.808 e. The topological polar surface area (TPSA) is 440 Å². The molecular weight excluding hydrogens is 853 g/mol. The predicted molar refractivity (Wildman–Crippen MR) is 91.1 cm³/mol. The van der Waals surface area contributed by atoms with Crippen LogP contribution in [0, 0.1) is 0 Å². The molecule has 40 heavy (non-hydrogen) atoms. The van der Waals surface area contributed by atoms with Crippen molar-refractivity contribution in [3.63, 3.8) is 0 Å². The Morgan fingerprint density at radius 2 is 0.450 bits per heavy atom. The third kappa shape index (κ3) is 14.5. The van der Waals surface area contributed by atoms with Gasteiger partial charge in [0.1, 0.15) is 15.2 Å². The molecule has 0 aromatic carbocycles. The molecule has 0 fully saturated rings. The van der Waals surface area contributed by atoms with Crippen LogP contribution in [0.4, 0.5) is 0 Å². The maximum absolute atomic E-state index is 10.1. The Morgan fingerprint density at radius 1 is 0.375 bits per heavy atom. The molecule has 0 saturated heterocycles. The van der Waals surface area contributed by atoms with Crippen molar-refractivity contribution < 1.29 is 170 Å². The Labute approximate surface area is 267 Å². The van der Waals surface area contributed by atoms with Crippen LogP contribution in [-0.2, 0) is 95.7 Å². The van der Waals surface area contributed by atoms with E-state index in [1.807, 2.05) is 0 Å². The normalized spacial score (nSPS) is 13.0. The molecule has 0 atom stereocenters. The van der Waals surface area contributed by atoms with E-state index in [9.17, 15) is 86.1 Å². The van der Waals surface area contributed by atoms with Gasteiger partial charge in [0.15, 0.2) is 0 Å². The Hall–Kier alpha value is 2.08. The molecule has 31 heteroatoms. The Balaban J connectivity index is -0.0000000778. The second kappa shape index (κ2) is 18.9. The van der Waals surface area contributed by atoms with E-state index < -0.39 is 60.8 Å². The molecule has 0 aromatic heterocycles. The van der Waals surface area contributed by atoms with E-state index >= 15 is 0 Å². The first-order chi connectivity index (χ1) is 15.2. The van der Waals surface area contributed by atoms with Crippen LogP contribution in [-0.4, -0.2) is 30.6 Å². The monoisotopic (exact) mass is 866 g/mol. The molecule has 0 aliphatic heterocycles. The number of aliphatic hydroxyl groups is 3. The van der Waals surface area contributed by atoms with Crippen molar-refractivity contribution in [2.75, 3.05) is 0 Å². The largest absolute Gasteiger partial charge is 3.00 e. The van der Waals surface area contributed by atoms with E-state index in [0.29, 0.717) is 0 Å². The van der Waals surface area contributed by atoms with Crippen molar-refractivity contribution in [2.45, 2.75) is 15.2 Å². The Bertz CT molecular complexity index is 902. The van der Waals surface area contributed by atoms with Gasteiger partial charge in [0.2, 0.25) is 0 Å². The Morgan fingerprint density at radius 3 is 0.450 bits per heavy atom. The summed E-state index contributed by atoms with van der Waals surface area (Å²) in [6.07, 6.45) is -0.350. The van der Waals surface area contributed by atoms with Gasteiger partial charge in [-0.15, -0.1) is 0 Å². The van der Waals surface area contributed by atoms with Crippen LogP contribution in [0.25, 0.3) is 0 Å². The quantitative estimate of drug-likeness (QED) is 0.110. The van der Waals surface area contributed by atoms with E-state index in [0.717, 1.165) is 0 Å². The number of hydrogen-bond donors (Lipinski definition) is 3. The molecule has 4 radical (unpaired) electrons. The van der Waals surface area contributed by atoms with Crippen molar-refractivity contribution in [3.05, 3.63) is 38.0 Å². The van der Waals surface area contributed by atoms with Gasteiger partial charge < -0.3 is 101 Å². The fraction of sp³-hybridized carbons (Fsp3) is 0.333. The fourth-order valence-electron chi connectivity index (χ4n) is 1.12. The zero-order valence-corrected chi connectivity index (χ0v) is 27.9. The van der Waals surface area contributed by atoms with Gasteiger partial charge in [-0.25, -0.2) is 0 Å². The first-order valence-electron chi connectivity index (χ1n) is 7.39. The van der Waals surface area contributed by atoms with Gasteiger partial charge in [0, 0.05) is 0 Å². The van der Waals surface area contributed by atoms with Crippen molar-refractivity contribution in [1.29, 1.82) is 0 Å². The summed E-state index contributed by atoms with van der Waals surface area (Å²) in [5, 5.41) is 14.0. The maximum atomic E-state index is 10.1. The van der Waals surface area contributed by atoms with Crippen molar-refractivity contribution in [3.8, 4) is 0 Å². The second-order valence-corrected chi connectivity index (χ2v) is 16.8. The fourth-order valence-corrected chi connectivity index (χ4v) is 6.06. The standard InChI is InChI=1S/3C3H8O7P2.4Fe/c3*1-2-3(4,11(5,6)7)12(8,9)10;;;;/h3*2,4H,1H2,(H2,5,6,7)(H2,8,9,10);;;;/q;;;4*+3/p-12. The summed E-state index contributed by atoms with van der Waals surface area (Å²) in [6.45, 7) is 7.71. The van der Waals surface area contributed by atoms with E-state index in [-0.39, 0.29) is 86.5 Å². The van der Waals surface area contributed by atoms with Crippen LogP contribution >= 0.6 is 45.6 Å². The van der Waals surface area contributed by atoms with Gasteiger partial charge in [0.25, 0.3) is 0 Å². The van der Waals surface area contributed by atoms with Crippen LogP contribution in [0.3, 0.4) is 0 Å². The molecule has 0 aromatic rings. The van der Waals surface area contributed by atoms with Crippen LogP contribution < -0.4 is 58.7 Å². The molecule has 21 nitrogen and oxygen atoms in total. The van der Waals surface area contributed by atoms with Gasteiger partial charge in [-0.3, -0.25) is 0 Å². The van der Waals surface area contributed by atoms with Crippen LogP contribution in [0.1, 0.15) is 0 Å². The third-order valence-corrected chi connectivity index (χ3v) is 13.6. The molecular formula is C9H12Fe4O21P6. The van der Waals surface area contributed by atoms with Crippen LogP contribution in [0.2, 0.25) is 0 Å². The minimum absolute atomic E-state index is 0. The molecule has 0 spiro atoms. The average molecular weight is 865 g/mol. The molecule has 0 unspecified atom stereocenters. The van der Waals surface area contributed by atoms with Crippen molar-refractivity contribution >= 4 is 45.6 Å². The molecule has 0 bridgehead atoms. The molecule has 0 saturated carbocycles. The van der Waals surface area contributed by atoms with Crippen LogP contribution in [0.5, 0.6) is 0 Å². The number of rotatable bonds is 9. The molecule has 0 rings (SSSR count). The van der Waals surface area contributed by atoms with Crippen molar-refractivity contribution in [2.24, 2.45) is 0 Å². The van der Waals surface area contributed by atoms with Gasteiger partial charge in [-0.1, -0.05) is 38.0 Å². The minimum atomic E-state index is -5.96. The molecule has 3 N–H and O–H groups in total. The summed E-state index contributed by atoms with van der Waals surface area (Å²) < 4.78 is 60.7. The van der Waals surface area contributed by atoms with Gasteiger partial charge >= 0.3 is 68.3 Å². The molecule has 236 valence electrons. The number of hydrogen-bond acceptors (Lipinski definition) is 21. The smallest absolute Gasteiger partial charge is 0.808 e. The van der Waals surface area contributed by atoms with E-state index in [1.54, 1.807) is 0 Å². The average Bonchev–Trinajstić information content (AvgIpc) is 2.61. The summed E-state index contributed by atoms with van der Waals surface area (Å²) in [4.78, 5) is 121. The summed E-state index contributed by atoms with van der Waals surface area (Å²) in [5.41, 5.74) is 0. The van der Waals surface area contributed by atoms with Crippen molar-refractivity contribution in [1.82, 2.24) is 0 Å². The molecule has 0 aliphatic carbocycles. The van der Waals surface area contributed by atoms with Gasteiger partial charge in [0.05, 0.1) is 0 Å². The summed E-state index contributed by atoms with van der Waals surface area (Å²) in [5.74, 6) is 0. The van der Waals surface area contributed by atoms with Gasteiger partial charge in [-0.05, 0) is 45.6 Å². The van der Waals surface area contributed by atoms with Gasteiger partial charge in [-0.2, -0.15) is 0 Å². The first-order valence-corrected chi connectivity index (χ1v) is 16.6. The SMILES string of the molecule is C=CC(O)(P(=O)([O-])[O-])P(=O)([O-])[O-].C=CC(O)(P(=O)([O-])[O-])P(=O)([O-])[O-].C=CC(O)(P(=O)([O-])[O-])P(=O)([O-])[O-].[Fe+3].[Fe+3].[Fe+3].[Fe+3]. The Kier molecular flexibility index (Phi) is 27.3. The summed E-state index contributed by atoms with van der Waals surface area (Å²) >= 11 is 0. The molecule has 0 amide bonds. The third-order valence-electron chi connectivity index (χ3n) is 3.24. The van der Waals surface area contributed by atoms with E-state index in [4.69, 9.17) is 15.3 Å². The zero-order valence-electron chi connectivity index (χ0n) is 18.1. The zero-order chi connectivity index (χ0) is 30.6. The van der Waals surface area contributed by atoms with Crippen LogP contribution in [0.15, 0.2) is 38.0 Å². The first kappa shape index (κ1) is 57.7. The van der Waals surface area contributed by atoms with E-state index in [2.05, 4.69) is 19.7 Å². The molecule has 0 aliphatic rings.